The van der Waals surface area contributed by atoms with Gasteiger partial charge in [0.15, 0.2) is 0 Å². The Balaban J connectivity index is -0.000000519. The summed E-state index contributed by atoms with van der Waals surface area (Å²) in [5.41, 5.74) is 5.88. The van der Waals surface area contributed by atoms with E-state index in [2.05, 4.69) is 56.5 Å². The lowest BCUT2D eigenvalue weighted by Crippen LogP contribution is -2.23. The largest absolute Gasteiger partial charge is 0.352 e. The van der Waals surface area contributed by atoms with E-state index in [1.807, 2.05) is 58.9 Å². The molecule has 0 fully saturated rings. The Hall–Kier alpha value is -2.62. The van der Waals surface area contributed by atoms with Gasteiger partial charge in [0.1, 0.15) is 0 Å². The normalized spacial score (nSPS) is 10.0. The number of nitrogens with one attached hydrogen (secondary N) is 2. The summed E-state index contributed by atoms with van der Waals surface area (Å²) in [6.07, 6.45) is 2.08. The van der Waals surface area contributed by atoms with Crippen LogP contribution < -0.4 is 10.6 Å². The number of carbonyl (C=O) groups excluding carboxylic acids is 2. The molecule has 2 aromatic rings. The summed E-state index contributed by atoms with van der Waals surface area (Å²) in [6.45, 7) is 19.2. The lowest BCUT2D eigenvalue weighted by molar-refractivity contribution is -0.122. The topological polar surface area (TPSA) is 58.2 Å². The van der Waals surface area contributed by atoms with Crippen LogP contribution in [-0.4, -0.2) is 11.8 Å². The number of aryl methyl sites for hydroxylation is 2. The van der Waals surface area contributed by atoms with Crippen molar-refractivity contribution in [2.75, 3.05) is 5.32 Å². The Morgan fingerprint density at radius 2 is 1.52 bits per heavy atom. The molecule has 0 unspecified atom stereocenters. The van der Waals surface area contributed by atoms with Crippen molar-refractivity contribution in [1.82, 2.24) is 5.32 Å². The Bertz CT molecular complexity index is 835. The van der Waals surface area contributed by atoms with Crippen molar-refractivity contribution in [3.05, 3.63) is 64.7 Å². The van der Waals surface area contributed by atoms with E-state index in [-0.39, 0.29) is 14.7 Å². The molecule has 0 aliphatic carbocycles. The Morgan fingerprint density at radius 1 is 0.909 bits per heavy atom. The van der Waals surface area contributed by atoms with Crippen molar-refractivity contribution in [3.63, 3.8) is 0 Å². The maximum Gasteiger partial charge on any atom is 0.224 e. The van der Waals surface area contributed by atoms with Crippen LogP contribution in [0.1, 0.15) is 98.8 Å². The molecule has 0 saturated heterocycles. The van der Waals surface area contributed by atoms with E-state index in [0.29, 0.717) is 31.2 Å². The first-order valence-electron chi connectivity index (χ1n) is 12.3. The van der Waals surface area contributed by atoms with Crippen LogP contribution >= 0.6 is 0 Å². The molecule has 4 heteroatoms. The monoisotopic (exact) mass is 458 g/mol. The summed E-state index contributed by atoms with van der Waals surface area (Å²) in [4.78, 5) is 22.8. The molecule has 2 aromatic carbocycles. The molecule has 4 nitrogen and oxygen atoms in total. The molecule has 0 saturated carbocycles. The van der Waals surface area contributed by atoms with Gasteiger partial charge >= 0.3 is 0 Å². The number of amides is 2. The molecule has 0 atom stereocenters. The minimum Gasteiger partial charge on any atom is -0.352 e. The van der Waals surface area contributed by atoms with Gasteiger partial charge in [0.05, 0.1) is 0 Å². The zero-order chi connectivity index (χ0) is 25.4. The summed E-state index contributed by atoms with van der Waals surface area (Å²) >= 11 is 0. The highest BCUT2D eigenvalue weighted by molar-refractivity contribution is 5.90. The second-order valence-electron chi connectivity index (χ2n) is 8.88. The van der Waals surface area contributed by atoms with Crippen LogP contribution in [0.15, 0.2) is 42.5 Å². The molecule has 0 spiro atoms. The van der Waals surface area contributed by atoms with Crippen LogP contribution in [0, 0.1) is 19.8 Å². The minimum atomic E-state index is 0. The first kappa shape index (κ1) is 30.4. The van der Waals surface area contributed by atoms with Gasteiger partial charge in [0.25, 0.3) is 0 Å². The highest BCUT2D eigenvalue weighted by atomic mass is 16.2. The van der Waals surface area contributed by atoms with Crippen LogP contribution in [0.4, 0.5) is 5.69 Å². The van der Waals surface area contributed by atoms with E-state index in [9.17, 15) is 9.59 Å². The zero-order valence-corrected chi connectivity index (χ0v) is 22.3. The van der Waals surface area contributed by atoms with E-state index >= 15 is 0 Å². The van der Waals surface area contributed by atoms with Crippen LogP contribution in [0.5, 0.6) is 0 Å². The second-order valence-corrected chi connectivity index (χ2v) is 8.88. The second kappa shape index (κ2) is 16.9. The van der Waals surface area contributed by atoms with Crippen molar-refractivity contribution >= 4 is 17.5 Å². The lowest BCUT2D eigenvalue weighted by Gasteiger charge is -2.12. The van der Waals surface area contributed by atoms with Gasteiger partial charge in [-0.2, -0.15) is 0 Å². The van der Waals surface area contributed by atoms with E-state index in [1.165, 1.54) is 16.7 Å². The number of carbonyl (C=O) groups is 2. The molecule has 0 radical (unpaired) electrons. The summed E-state index contributed by atoms with van der Waals surface area (Å²) < 4.78 is 0. The SMILES string of the molecule is CC.CCCC(=O)Nc1ccc(C(C)C)c(C)c1.Cc1ccc(CNC(=O)CC(C)C)cc1.[HH].[HH]. The fourth-order valence-electron chi connectivity index (χ4n) is 3.20. The van der Waals surface area contributed by atoms with Crippen LogP contribution in [-0.2, 0) is 16.1 Å². The molecule has 188 valence electrons. The first-order valence-corrected chi connectivity index (χ1v) is 12.3. The van der Waals surface area contributed by atoms with Gasteiger partial charge in [-0.3, -0.25) is 9.59 Å². The molecule has 2 rings (SSSR count). The van der Waals surface area contributed by atoms with Gasteiger partial charge in [-0.05, 0) is 60.9 Å². The van der Waals surface area contributed by atoms with Crippen molar-refractivity contribution < 1.29 is 12.4 Å². The lowest BCUT2D eigenvalue weighted by atomic mass is 9.98. The van der Waals surface area contributed by atoms with Gasteiger partial charge in [0.2, 0.25) is 11.8 Å². The zero-order valence-electron chi connectivity index (χ0n) is 22.3. The number of hydrogen-bond donors (Lipinski definition) is 2. The third-order valence-corrected chi connectivity index (χ3v) is 4.86. The number of hydrogen-bond acceptors (Lipinski definition) is 2. The number of rotatable bonds is 8. The van der Waals surface area contributed by atoms with Crippen LogP contribution in [0.3, 0.4) is 0 Å². The summed E-state index contributed by atoms with van der Waals surface area (Å²) in [5, 5.41) is 5.82. The summed E-state index contributed by atoms with van der Waals surface area (Å²) in [5.74, 6) is 1.17. The summed E-state index contributed by atoms with van der Waals surface area (Å²) in [6, 6.07) is 14.3. The average molecular weight is 459 g/mol. The molecule has 0 aliphatic rings. The van der Waals surface area contributed by atoms with Gasteiger partial charge in [-0.25, -0.2) is 0 Å². The first-order chi connectivity index (χ1) is 15.6. The average Bonchev–Trinajstić information content (AvgIpc) is 2.75. The predicted octanol–water partition coefficient (Wildman–Crippen LogP) is 8.03. The van der Waals surface area contributed by atoms with Crippen LogP contribution in [0.2, 0.25) is 0 Å². The minimum absolute atomic E-state index is 0. The quantitative estimate of drug-likeness (QED) is 0.420. The van der Waals surface area contributed by atoms with E-state index in [1.54, 1.807) is 0 Å². The maximum absolute atomic E-state index is 11.4. The van der Waals surface area contributed by atoms with Crippen molar-refractivity contribution in [3.8, 4) is 0 Å². The van der Waals surface area contributed by atoms with E-state index in [0.717, 1.165) is 17.7 Å². The van der Waals surface area contributed by atoms with Crippen LogP contribution in [0.25, 0.3) is 0 Å². The third-order valence-electron chi connectivity index (χ3n) is 4.86. The molecular weight excluding hydrogens is 408 g/mol. The molecular formula is C29H50N2O2. The maximum atomic E-state index is 11.4. The van der Waals surface area contributed by atoms with Gasteiger partial charge in [0, 0.05) is 27.9 Å². The van der Waals surface area contributed by atoms with Crippen molar-refractivity contribution in [1.29, 1.82) is 0 Å². The molecule has 0 aliphatic heterocycles. The standard InChI is InChI=1S/C14H21NO.C13H19NO.C2H6.2H2/c1-5-6-14(16)15-12-7-8-13(10(2)3)11(4)9-12;1-10(2)8-13(15)14-9-12-6-4-11(3)5-7-12;1-2;;/h7-10H,5-6H2,1-4H3,(H,15,16);4-7,10H,8-9H2,1-3H3,(H,14,15);1-2H3;2*1H. The van der Waals surface area contributed by atoms with Crippen molar-refractivity contribution in [2.24, 2.45) is 5.92 Å². The molecule has 0 aromatic heterocycles. The third kappa shape index (κ3) is 13.5. The van der Waals surface area contributed by atoms with Gasteiger partial charge < -0.3 is 10.6 Å². The molecule has 33 heavy (non-hydrogen) atoms. The Kier molecular flexibility index (Phi) is 15.6. The van der Waals surface area contributed by atoms with Crippen molar-refractivity contribution in [2.45, 2.75) is 94.0 Å². The number of anilines is 1. The van der Waals surface area contributed by atoms with E-state index < -0.39 is 0 Å². The highest BCUT2D eigenvalue weighted by Gasteiger charge is 2.06. The Morgan fingerprint density at radius 3 is 2.00 bits per heavy atom. The fraction of sp³-hybridized carbons (Fsp3) is 0.517. The Labute approximate surface area is 205 Å². The smallest absolute Gasteiger partial charge is 0.224 e. The summed E-state index contributed by atoms with van der Waals surface area (Å²) in [7, 11) is 0. The highest BCUT2D eigenvalue weighted by Crippen LogP contribution is 2.22. The molecule has 2 amide bonds. The van der Waals surface area contributed by atoms with E-state index in [4.69, 9.17) is 0 Å². The molecule has 2 N–H and O–H groups in total. The molecule has 0 heterocycles. The van der Waals surface area contributed by atoms with Gasteiger partial charge in [-0.1, -0.05) is 84.4 Å². The predicted molar refractivity (Wildman–Crippen MR) is 147 cm³/mol. The fourth-order valence-corrected chi connectivity index (χ4v) is 3.20. The number of benzene rings is 2. The molecule has 0 bridgehead atoms. The van der Waals surface area contributed by atoms with Gasteiger partial charge in [-0.15, -0.1) is 0 Å².